The van der Waals surface area contributed by atoms with Gasteiger partial charge in [0.2, 0.25) is 0 Å². The summed E-state index contributed by atoms with van der Waals surface area (Å²) in [6.45, 7) is 6.56. The number of Topliss-reactive ketones (excluding diaryl/α,β-unsaturated/α-hetero) is 1. The van der Waals surface area contributed by atoms with Gasteiger partial charge in [-0.2, -0.15) is 0 Å². The van der Waals surface area contributed by atoms with Gasteiger partial charge in [0.1, 0.15) is 0 Å². The summed E-state index contributed by atoms with van der Waals surface area (Å²) in [5, 5.41) is 0. The van der Waals surface area contributed by atoms with Crippen LogP contribution in [0.4, 0.5) is 8.78 Å². The van der Waals surface area contributed by atoms with Gasteiger partial charge in [-0.15, -0.1) is 0 Å². The molecule has 0 saturated carbocycles. The first-order valence-electron chi connectivity index (χ1n) is 7.27. The first-order chi connectivity index (χ1) is 9.97. The number of ketones is 1. The summed E-state index contributed by atoms with van der Waals surface area (Å²) in [6.07, 6.45) is 0.786. The number of halogens is 2. The minimum atomic E-state index is -0.912. The maximum atomic E-state index is 13.2. The average Bonchev–Trinajstić information content (AvgIpc) is 2.51. The highest BCUT2D eigenvalue weighted by molar-refractivity contribution is 5.89. The summed E-state index contributed by atoms with van der Waals surface area (Å²) in [7, 11) is 0. The van der Waals surface area contributed by atoms with E-state index < -0.39 is 17.2 Å². The Hall–Kier alpha value is -1.33. The molecule has 21 heavy (non-hydrogen) atoms. The van der Waals surface area contributed by atoms with Crippen LogP contribution in [0.25, 0.3) is 0 Å². The SMILES string of the molecule is CCC(C)(C(=O)Cc1ccc(F)c(F)c1)N1CCOCC1. The lowest BCUT2D eigenvalue weighted by atomic mass is 9.87. The molecule has 1 aromatic carbocycles. The van der Waals surface area contributed by atoms with Crippen LogP contribution < -0.4 is 0 Å². The van der Waals surface area contributed by atoms with E-state index in [1.165, 1.54) is 6.07 Å². The van der Waals surface area contributed by atoms with Gasteiger partial charge in [-0.3, -0.25) is 9.69 Å². The van der Waals surface area contributed by atoms with Gasteiger partial charge in [0.25, 0.3) is 0 Å². The van der Waals surface area contributed by atoms with Crippen molar-refractivity contribution >= 4 is 5.78 Å². The fraction of sp³-hybridized carbons (Fsp3) is 0.562. The molecule has 0 spiro atoms. The Morgan fingerprint density at radius 2 is 1.95 bits per heavy atom. The van der Waals surface area contributed by atoms with Crippen LogP contribution in [0, 0.1) is 11.6 Å². The molecular weight excluding hydrogens is 276 g/mol. The smallest absolute Gasteiger partial charge is 0.159 e. The Kier molecular flexibility index (Phi) is 5.06. The van der Waals surface area contributed by atoms with E-state index in [9.17, 15) is 13.6 Å². The largest absolute Gasteiger partial charge is 0.379 e. The molecule has 1 aliphatic heterocycles. The van der Waals surface area contributed by atoms with E-state index in [1.807, 2.05) is 13.8 Å². The zero-order valence-electron chi connectivity index (χ0n) is 12.5. The van der Waals surface area contributed by atoms with Gasteiger partial charge in [0, 0.05) is 19.5 Å². The maximum absolute atomic E-state index is 13.2. The number of ether oxygens (including phenoxy) is 1. The van der Waals surface area contributed by atoms with Gasteiger partial charge < -0.3 is 4.74 Å². The van der Waals surface area contributed by atoms with Crippen LogP contribution in [-0.2, 0) is 16.0 Å². The van der Waals surface area contributed by atoms with Crippen molar-refractivity contribution in [1.29, 1.82) is 0 Å². The Labute approximate surface area is 123 Å². The van der Waals surface area contributed by atoms with Crippen LogP contribution in [0.15, 0.2) is 18.2 Å². The molecular formula is C16H21F2NO2. The number of rotatable bonds is 5. The zero-order chi connectivity index (χ0) is 15.5. The van der Waals surface area contributed by atoms with Gasteiger partial charge in [-0.25, -0.2) is 8.78 Å². The van der Waals surface area contributed by atoms with Crippen molar-refractivity contribution in [2.75, 3.05) is 26.3 Å². The van der Waals surface area contributed by atoms with Crippen LogP contribution in [-0.4, -0.2) is 42.5 Å². The fourth-order valence-corrected chi connectivity index (χ4v) is 2.68. The lowest BCUT2D eigenvalue weighted by molar-refractivity contribution is -0.133. The third-order valence-electron chi connectivity index (χ3n) is 4.35. The molecule has 1 aromatic rings. The molecule has 1 atom stereocenters. The molecule has 1 saturated heterocycles. The second-order valence-corrected chi connectivity index (χ2v) is 5.58. The topological polar surface area (TPSA) is 29.5 Å². The highest BCUT2D eigenvalue weighted by Crippen LogP contribution is 2.24. The molecule has 1 unspecified atom stereocenters. The summed E-state index contributed by atoms with van der Waals surface area (Å²) in [4.78, 5) is 14.8. The van der Waals surface area contributed by atoms with Crippen LogP contribution >= 0.6 is 0 Å². The normalized spacial score (nSPS) is 19.2. The molecule has 0 bridgehead atoms. The monoisotopic (exact) mass is 297 g/mol. The lowest BCUT2D eigenvalue weighted by Gasteiger charge is -2.41. The van der Waals surface area contributed by atoms with Crippen LogP contribution in [0.1, 0.15) is 25.8 Å². The molecule has 0 aliphatic carbocycles. The van der Waals surface area contributed by atoms with E-state index in [0.29, 0.717) is 38.3 Å². The molecule has 0 amide bonds. The number of nitrogens with zero attached hydrogens (tertiary/aromatic N) is 1. The molecule has 5 heteroatoms. The standard InChI is InChI=1S/C16H21F2NO2/c1-3-16(2,19-6-8-21-9-7-19)15(20)11-12-4-5-13(17)14(18)10-12/h4-5,10H,3,6-9,11H2,1-2H3. The second-order valence-electron chi connectivity index (χ2n) is 5.58. The minimum absolute atomic E-state index is 0.0258. The van der Waals surface area contributed by atoms with Crippen molar-refractivity contribution in [2.45, 2.75) is 32.2 Å². The van der Waals surface area contributed by atoms with E-state index in [2.05, 4.69) is 4.90 Å². The Bertz CT molecular complexity index is 515. The number of carbonyl (C=O) groups is 1. The quantitative estimate of drug-likeness (QED) is 0.836. The summed E-state index contributed by atoms with van der Waals surface area (Å²) in [5.74, 6) is -1.78. The Balaban J connectivity index is 2.13. The molecule has 116 valence electrons. The summed E-state index contributed by atoms with van der Waals surface area (Å²) < 4.78 is 31.5. The van der Waals surface area contributed by atoms with Crippen LogP contribution in [0.5, 0.6) is 0 Å². The van der Waals surface area contributed by atoms with Crippen molar-refractivity contribution in [2.24, 2.45) is 0 Å². The number of hydrogen-bond donors (Lipinski definition) is 0. The van der Waals surface area contributed by atoms with Crippen LogP contribution in [0.2, 0.25) is 0 Å². The Morgan fingerprint density at radius 3 is 2.52 bits per heavy atom. The molecule has 1 aliphatic rings. The predicted octanol–water partition coefficient (Wildman–Crippen LogP) is 2.58. The van der Waals surface area contributed by atoms with E-state index in [4.69, 9.17) is 4.74 Å². The summed E-state index contributed by atoms with van der Waals surface area (Å²) in [5.41, 5.74) is -0.0823. The van der Waals surface area contributed by atoms with Crippen molar-refractivity contribution in [3.63, 3.8) is 0 Å². The molecule has 3 nitrogen and oxygen atoms in total. The summed E-state index contributed by atoms with van der Waals surface area (Å²) in [6, 6.07) is 3.63. The van der Waals surface area contributed by atoms with Crippen LogP contribution in [0.3, 0.4) is 0 Å². The zero-order valence-corrected chi connectivity index (χ0v) is 12.5. The molecule has 1 heterocycles. The number of morpholine rings is 1. The molecule has 0 N–H and O–H groups in total. The van der Waals surface area contributed by atoms with Gasteiger partial charge in [0.15, 0.2) is 17.4 Å². The molecule has 0 radical (unpaired) electrons. The minimum Gasteiger partial charge on any atom is -0.379 e. The highest BCUT2D eigenvalue weighted by atomic mass is 19.2. The van der Waals surface area contributed by atoms with Crippen molar-refractivity contribution in [3.05, 3.63) is 35.4 Å². The van der Waals surface area contributed by atoms with E-state index in [1.54, 1.807) is 0 Å². The molecule has 0 aromatic heterocycles. The highest BCUT2D eigenvalue weighted by Gasteiger charge is 2.37. The lowest BCUT2D eigenvalue weighted by Crippen LogP contribution is -2.56. The maximum Gasteiger partial charge on any atom is 0.159 e. The van der Waals surface area contributed by atoms with Crippen molar-refractivity contribution in [1.82, 2.24) is 4.90 Å². The number of hydrogen-bond acceptors (Lipinski definition) is 3. The number of carbonyl (C=O) groups excluding carboxylic acids is 1. The van der Waals surface area contributed by atoms with E-state index in [0.717, 1.165) is 12.1 Å². The third kappa shape index (κ3) is 3.47. The number of benzene rings is 1. The Morgan fingerprint density at radius 1 is 1.29 bits per heavy atom. The van der Waals surface area contributed by atoms with Gasteiger partial charge >= 0.3 is 0 Å². The average molecular weight is 297 g/mol. The van der Waals surface area contributed by atoms with Gasteiger partial charge in [0.05, 0.1) is 18.8 Å². The molecule has 1 fully saturated rings. The summed E-state index contributed by atoms with van der Waals surface area (Å²) >= 11 is 0. The van der Waals surface area contributed by atoms with Crippen molar-refractivity contribution in [3.8, 4) is 0 Å². The van der Waals surface area contributed by atoms with Gasteiger partial charge in [-0.1, -0.05) is 13.0 Å². The van der Waals surface area contributed by atoms with Gasteiger partial charge in [-0.05, 0) is 31.0 Å². The predicted molar refractivity (Wildman–Crippen MR) is 76.2 cm³/mol. The second kappa shape index (κ2) is 6.62. The molecule has 2 rings (SSSR count). The fourth-order valence-electron chi connectivity index (χ4n) is 2.68. The van der Waals surface area contributed by atoms with E-state index in [-0.39, 0.29) is 12.2 Å². The van der Waals surface area contributed by atoms with E-state index >= 15 is 0 Å². The first kappa shape index (κ1) is 16.0. The first-order valence-corrected chi connectivity index (χ1v) is 7.27. The third-order valence-corrected chi connectivity index (χ3v) is 4.35. The van der Waals surface area contributed by atoms with Crippen molar-refractivity contribution < 1.29 is 18.3 Å².